The first-order valence-electron chi connectivity index (χ1n) is 4.44. The van der Waals surface area contributed by atoms with E-state index in [0.29, 0.717) is 5.82 Å². The second-order valence-corrected chi connectivity index (χ2v) is 3.65. The Balaban J connectivity index is 2.85. The first-order valence-corrected chi connectivity index (χ1v) is 4.81. The maximum Gasteiger partial charge on any atom is 0.707 e. The fraction of sp³-hybridized carbons (Fsp3) is 0.375. The Bertz CT molecular complexity index is 336. The Morgan fingerprint density at radius 1 is 1.53 bits per heavy atom. The van der Waals surface area contributed by atoms with E-state index in [0.717, 1.165) is 0 Å². The summed E-state index contributed by atoms with van der Waals surface area (Å²) in [6.07, 6.45) is 1.38. The van der Waals surface area contributed by atoms with Crippen molar-refractivity contribution in [2.45, 2.75) is 19.9 Å². The van der Waals surface area contributed by atoms with Crippen LogP contribution in [0.25, 0.3) is 0 Å². The summed E-state index contributed by atoms with van der Waals surface area (Å²) in [5.41, 5.74) is 0. The number of halogens is 1. The standard InChI is InChI=1S/C8H12BClN2O3/c1-5(2)12-8-3-7(15-9(13)14)6(10)4-11-8/h3-5,13-14H,1-2H3,(H,11,12). The molecular weight excluding hydrogens is 218 g/mol. The van der Waals surface area contributed by atoms with Gasteiger partial charge in [-0.05, 0) is 13.8 Å². The predicted molar refractivity (Wildman–Crippen MR) is 58.8 cm³/mol. The van der Waals surface area contributed by atoms with Gasteiger partial charge >= 0.3 is 7.32 Å². The molecule has 0 unspecified atom stereocenters. The molecule has 1 rings (SSSR count). The van der Waals surface area contributed by atoms with Gasteiger partial charge in [-0.2, -0.15) is 0 Å². The number of pyridine rings is 1. The molecule has 1 heterocycles. The maximum atomic E-state index is 8.64. The molecule has 0 aliphatic rings. The van der Waals surface area contributed by atoms with E-state index < -0.39 is 7.32 Å². The van der Waals surface area contributed by atoms with E-state index in [1.165, 1.54) is 12.3 Å². The molecule has 0 fully saturated rings. The van der Waals surface area contributed by atoms with Gasteiger partial charge in [0.15, 0.2) is 0 Å². The summed E-state index contributed by atoms with van der Waals surface area (Å²) in [7, 11) is -1.89. The van der Waals surface area contributed by atoms with Gasteiger partial charge in [0.2, 0.25) is 0 Å². The van der Waals surface area contributed by atoms with Gasteiger partial charge in [0, 0.05) is 12.1 Å². The van der Waals surface area contributed by atoms with E-state index in [9.17, 15) is 0 Å². The van der Waals surface area contributed by atoms with Gasteiger partial charge in [-0.25, -0.2) is 4.98 Å². The molecule has 1 aromatic heterocycles. The predicted octanol–water partition coefficient (Wildman–Crippen LogP) is 0.904. The highest BCUT2D eigenvalue weighted by molar-refractivity contribution is 6.36. The Kier molecular flexibility index (Phi) is 4.20. The van der Waals surface area contributed by atoms with Crippen LogP contribution in [0.5, 0.6) is 5.75 Å². The second-order valence-electron chi connectivity index (χ2n) is 3.24. The molecule has 0 saturated carbocycles. The van der Waals surface area contributed by atoms with E-state index in [4.69, 9.17) is 21.6 Å². The van der Waals surface area contributed by atoms with Crippen molar-refractivity contribution in [3.8, 4) is 5.75 Å². The molecule has 1 aromatic rings. The zero-order valence-electron chi connectivity index (χ0n) is 8.44. The smallest absolute Gasteiger partial charge is 0.511 e. The minimum atomic E-state index is -1.89. The van der Waals surface area contributed by atoms with Crippen LogP contribution in [-0.4, -0.2) is 28.4 Å². The highest BCUT2D eigenvalue weighted by Gasteiger charge is 2.14. The summed E-state index contributed by atoms with van der Waals surface area (Å²) in [5, 5.41) is 20.5. The van der Waals surface area contributed by atoms with Gasteiger partial charge < -0.3 is 20.0 Å². The first-order chi connectivity index (χ1) is 6.99. The zero-order valence-corrected chi connectivity index (χ0v) is 9.19. The molecule has 0 bridgehead atoms. The lowest BCUT2D eigenvalue weighted by Gasteiger charge is -2.11. The average molecular weight is 230 g/mol. The molecule has 5 nitrogen and oxygen atoms in total. The van der Waals surface area contributed by atoms with Gasteiger partial charge in [-0.3, -0.25) is 0 Å². The van der Waals surface area contributed by atoms with E-state index in [2.05, 4.69) is 15.0 Å². The van der Waals surface area contributed by atoms with Gasteiger partial charge in [0.25, 0.3) is 0 Å². The van der Waals surface area contributed by atoms with Crippen molar-refractivity contribution in [2.24, 2.45) is 0 Å². The Labute approximate surface area is 93.2 Å². The van der Waals surface area contributed by atoms with Gasteiger partial charge in [-0.1, -0.05) is 11.6 Å². The van der Waals surface area contributed by atoms with Crippen molar-refractivity contribution < 1.29 is 14.7 Å². The third-order valence-electron chi connectivity index (χ3n) is 1.49. The summed E-state index contributed by atoms with van der Waals surface area (Å²) in [5.74, 6) is 0.731. The van der Waals surface area contributed by atoms with Crippen LogP contribution >= 0.6 is 11.6 Å². The SMILES string of the molecule is CC(C)Nc1cc(OB(O)O)c(Cl)cn1. The molecule has 0 radical (unpaired) electrons. The molecule has 0 aliphatic heterocycles. The van der Waals surface area contributed by atoms with Crippen molar-refractivity contribution in [3.63, 3.8) is 0 Å². The summed E-state index contributed by atoms with van der Waals surface area (Å²) < 4.78 is 4.67. The lowest BCUT2D eigenvalue weighted by molar-refractivity contribution is 0.288. The number of rotatable bonds is 4. The number of nitrogens with zero attached hydrogens (tertiary/aromatic N) is 1. The third kappa shape index (κ3) is 3.95. The molecule has 3 N–H and O–H groups in total. The molecule has 0 spiro atoms. The summed E-state index contributed by atoms with van der Waals surface area (Å²) in [6.45, 7) is 3.91. The number of aromatic nitrogens is 1. The molecule has 82 valence electrons. The van der Waals surface area contributed by atoms with Crippen molar-refractivity contribution in [2.75, 3.05) is 5.32 Å². The Morgan fingerprint density at radius 2 is 2.20 bits per heavy atom. The topological polar surface area (TPSA) is 74.6 Å². The zero-order chi connectivity index (χ0) is 11.4. The van der Waals surface area contributed by atoms with E-state index in [1.54, 1.807) is 0 Å². The van der Waals surface area contributed by atoms with Crippen LogP contribution in [0, 0.1) is 0 Å². The van der Waals surface area contributed by atoms with Gasteiger partial charge in [-0.15, -0.1) is 0 Å². The van der Waals surface area contributed by atoms with Crippen LogP contribution in [0.2, 0.25) is 5.02 Å². The molecular formula is C8H12BClN2O3. The average Bonchev–Trinajstić information content (AvgIpc) is 2.09. The highest BCUT2D eigenvalue weighted by Crippen LogP contribution is 2.26. The molecule has 0 aliphatic carbocycles. The normalized spacial score (nSPS) is 10.3. The van der Waals surface area contributed by atoms with E-state index in [1.807, 2.05) is 13.8 Å². The van der Waals surface area contributed by atoms with Crippen LogP contribution < -0.4 is 9.97 Å². The van der Waals surface area contributed by atoms with Crippen molar-refractivity contribution in [1.29, 1.82) is 0 Å². The summed E-state index contributed by atoms with van der Waals surface area (Å²) >= 11 is 5.74. The van der Waals surface area contributed by atoms with Crippen molar-refractivity contribution in [1.82, 2.24) is 4.98 Å². The Morgan fingerprint density at radius 3 is 2.73 bits per heavy atom. The highest BCUT2D eigenvalue weighted by atomic mass is 35.5. The molecule has 0 saturated heterocycles. The minimum Gasteiger partial charge on any atom is -0.511 e. The second kappa shape index (κ2) is 5.20. The molecule has 7 heteroatoms. The largest absolute Gasteiger partial charge is 0.707 e. The number of nitrogens with one attached hydrogen (secondary N) is 1. The quantitative estimate of drug-likeness (QED) is 0.670. The van der Waals surface area contributed by atoms with E-state index >= 15 is 0 Å². The summed E-state index contributed by atoms with van der Waals surface area (Å²) in [6, 6.07) is 1.72. The summed E-state index contributed by atoms with van der Waals surface area (Å²) in [4.78, 5) is 4.00. The fourth-order valence-corrected chi connectivity index (χ4v) is 1.15. The third-order valence-corrected chi connectivity index (χ3v) is 1.77. The fourth-order valence-electron chi connectivity index (χ4n) is 0.999. The van der Waals surface area contributed by atoms with Crippen molar-refractivity contribution >= 4 is 24.7 Å². The van der Waals surface area contributed by atoms with Crippen LogP contribution in [0.3, 0.4) is 0 Å². The monoisotopic (exact) mass is 230 g/mol. The first kappa shape index (κ1) is 12.1. The molecule has 0 atom stereocenters. The van der Waals surface area contributed by atoms with Crippen LogP contribution in [0.1, 0.15) is 13.8 Å². The Hall–Kier alpha value is -0.975. The lowest BCUT2D eigenvalue weighted by atomic mass is 10.2. The van der Waals surface area contributed by atoms with Gasteiger partial charge in [0.05, 0.1) is 11.2 Å². The molecule has 0 amide bonds. The van der Waals surface area contributed by atoms with Crippen LogP contribution in [0.15, 0.2) is 12.3 Å². The molecule has 0 aromatic carbocycles. The van der Waals surface area contributed by atoms with E-state index in [-0.39, 0.29) is 16.8 Å². The minimum absolute atomic E-state index is 0.171. The maximum absolute atomic E-state index is 8.64. The van der Waals surface area contributed by atoms with Gasteiger partial charge in [0.1, 0.15) is 11.6 Å². The van der Waals surface area contributed by atoms with Crippen LogP contribution in [0.4, 0.5) is 5.82 Å². The number of hydrogen-bond donors (Lipinski definition) is 3. The number of anilines is 1. The van der Waals surface area contributed by atoms with Crippen LogP contribution in [-0.2, 0) is 0 Å². The lowest BCUT2D eigenvalue weighted by Crippen LogP contribution is -2.21. The van der Waals surface area contributed by atoms with Crippen molar-refractivity contribution in [3.05, 3.63) is 17.3 Å². The molecule has 15 heavy (non-hydrogen) atoms. The number of hydrogen-bond acceptors (Lipinski definition) is 5.